The summed E-state index contributed by atoms with van der Waals surface area (Å²) in [5.41, 5.74) is 3.63. The highest BCUT2D eigenvalue weighted by atomic mass is 79.9. The average molecular weight is 392 g/mol. The molecule has 3 aromatic rings. The monoisotopic (exact) mass is 391 g/mol. The molecule has 0 fully saturated rings. The number of fused-ring (bicyclic) bond motifs is 1. The Morgan fingerprint density at radius 1 is 0.840 bits per heavy atom. The van der Waals surface area contributed by atoms with Gasteiger partial charge in [-0.2, -0.15) is 0 Å². The van der Waals surface area contributed by atoms with Crippen LogP contribution in [0.4, 0.5) is 5.69 Å². The van der Waals surface area contributed by atoms with Crippen LogP contribution in [0.5, 0.6) is 0 Å². The zero-order valence-electron chi connectivity index (χ0n) is 13.9. The molecule has 0 amide bonds. The van der Waals surface area contributed by atoms with Crippen molar-refractivity contribution in [1.29, 1.82) is 0 Å². The van der Waals surface area contributed by atoms with E-state index in [1.807, 2.05) is 66.7 Å². The molecule has 0 unspecified atom stereocenters. The van der Waals surface area contributed by atoms with E-state index < -0.39 is 5.60 Å². The lowest BCUT2D eigenvalue weighted by atomic mass is 9.86. The number of halogens is 1. The van der Waals surface area contributed by atoms with Crippen molar-refractivity contribution in [3.63, 3.8) is 0 Å². The zero-order valence-corrected chi connectivity index (χ0v) is 15.5. The first-order chi connectivity index (χ1) is 12.2. The van der Waals surface area contributed by atoms with Crippen molar-refractivity contribution in [3.8, 4) is 0 Å². The molecular weight excluding hydrogens is 374 g/mol. The summed E-state index contributed by atoms with van der Waals surface area (Å²) in [4.78, 5) is 4.76. The van der Waals surface area contributed by atoms with Crippen molar-refractivity contribution in [1.82, 2.24) is 0 Å². The van der Waals surface area contributed by atoms with Gasteiger partial charge in [0.2, 0.25) is 5.90 Å². The van der Waals surface area contributed by atoms with Crippen LogP contribution in [-0.4, -0.2) is 5.90 Å². The molecule has 0 radical (unpaired) electrons. The van der Waals surface area contributed by atoms with Crippen LogP contribution in [0, 0.1) is 0 Å². The molecule has 0 spiro atoms. The van der Waals surface area contributed by atoms with Crippen LogP contribution in [0.1, 0.15) is 28.4 Å². The molecule has 1 aliphatic heterocycles. The quantitative estimate of drug-likeness (QED) is 0.490. The number of hydrogen-bond donors (Lipinski definition) is 0. The first-order valence-electron chi connectivity index (χ1n) is 8.30. The molecule has 4 rings (SSSR count). The van der Waals surface area contributed by atoms with Crippen LogP contribution in [0.3, 0.4) is 0 Å². The summed E-state index contributed by atoms with van der Waals surface area (Å²) in [6.45, 7) is 2.12. The van der Waals surface area contributed by atoms with E-state index in [9.17, 15) is 0 Å². The maximum absolute atomic E-state index is 6.51. The number of rotatable bonds is 3. The Morgan fingerprint density at radius 2 is 1.44 bits per heavy atom. The number of hydrogen-bond acceptors (Lipinski definition) is 2. The van der Waals surface area contributed by atoms with E-state index in [0.29, 0.717) is 5.90 Å². The van der Waals surface area contributed by atoms with Crippen LogP contribution in [0.25, 0.3) is 0 Å². The van der Waals surface area contributed by atoms with E-state index in [1.54, 1.807) is 0 Å². The number of benzene rings is 3. The van der Waals surface area contributed by atoms with Crippen molar-refractivity contribution in [3.05, 3.63) is 102 Å². The summed E-state index contributed by atoms with van der Waals surface area (Å²) in [5.74, 6) is 0.655. The second-order valence-electron chi connectivity index (χ2n) is 6.28. The van der Waals surface area contributed by atoms with Crippen LogP contribution < -0.4 is 0 Å². The standard InChI is InChI=1S/C22H18BrNO/c1-22(20(23)16-10-4-2-5-11-16)18-14-8-9-15-19(18)24-21(25-22)17-12-6-3-7-13-17/h2-15,20H,1H3/t20-,22+/m0/s1. The molecule has 0 saturated carbocycles. The second-order valence-corrected chi connectivity index (χ2v) is 7.20. The molecule has 0 aromatic heterocycles. The number of aliphatic imine (C=N–C) groups is 1. The summed E-state index contributed by atoms with van der Waals surface area (Å²) < 4.78 is 6.51. The molecule has 3 aromatic carbocycles. The molecule has 0 aliphatic carbocycles. The molecule has 1 aliphatic rings. The SMILES string of the molecule is C[C@@]1([C@@H](Br)c2ccccc2)OC(c2ccccc2)=Nc2ccccc21. The summed E-state index contributed by atoms with van der Waals surface area (Å²) in [6, 6.07) is 28.6. The molecule has 1 heterocycles. The van der Waals surface area contributed by atoms with Crippen LogP contribution in [0.15, 0.2) is 89.9 Å². The van der Waals surface area contributed by atoms with Crippen molar-refractivity contribution >= 4 is 27.5 Å². The van der Waals surface area contributed by atoms with Crippen LogP contribution in [-0.2, 0) is 10.3 Å². The highest BCUT2D eigenvalue weighted by Gasteiger charge is 2.42. The predicted molar refractivity (Wildman–Crippen MR) is 106 cm³/mol. The predicted octanol–water partition coefficient (Wildman–Crippen LogP) is 6.15. The Hall–Kier alpha value is -2.39. The van der Waals surface area contributed by atoms with Crippen molar-refractivity contribution < 1.29 is 4.74 Å². The highest BCUT2D eigenvalue weighted by molar-refractivity contribution is 9.09. The third-order valence-electron chi connectivity index (χ3n) is 4.57. The van der Waals surface area contributed by atoms with Gasteiger partial charge in [-0.3, -0.25) is 0 Å². The lowest BCUT2D eigenvalue weighted by Crippen LogP contribution is -2.36. The highest BCUT2D eigenvalue weighted by Crippen LogP contribution is 2.49. The van der Waals surface area contributed by atoms with E-state index in [-0.39, 0.29) is 4.83 Å². The van der Waals surface area contributed by atoms with Gasteiger partial charge in [0.15, 0.2) is 5.60 Å². The van der Waals surface area contributed by atoms with Gasteiger partial charge in [0.25, 0.3) is 0 Å². The Bertz CT molecular complexity index is 908. The molecule has 0 N–H and O–H groups in total. The van der Waals surface area contributed by atoms with E-state index >= 15 is 0 Å². The molecule has 124 valence electrons. The zero-order chi connectivity index (χ0) is 17.3. The fraction of sp³-hybridized carbons (Fsp3) is 0.136. The Kier molecular flexibility index (Phi) is 4.18. The Labute approximate surface area is 156 Å². The van der Waals surface area contributed by atoms with Gasteiger partial charge in [0, 0.05) is 11.1 Å². The minimum atomic E-state index is -0.565. The minimum absolute atomic E-state index is 0.00318. The van der Waals surface area contributed by atoms with Gasteiger partial charge in [-0.25, -0.2) is 4.99 Å². The van der Waals surface area contributed by atoms with Gasteiger partial charge < -0.3 is 4.74 Å². The smallest absolute Gasteiger partial charge is 0.222 e. The maximum Gasteiger partial charge on any atom is 0.222 e. The van der Waals surface area contributed by atoms with Crippen molar-refractivity contribution in [2.45, 2.75) is 17.4 Å². The van der Waals surface area contributed by atoms with Crippen LogP contribution in [0.2, 0.25) is 0 Å². The van der Waals surface area contributed by atoms with Crippen molar-refractivity contribution in [2.24, 2.45) is 4.99 Å². The fourth-order valence-electron chi connectivity index (χ4n) is 3.21. The van der Waals surface area contributed by atoms with Crippen LogP contribution >= 0.6 is 15.9 Å². The lowest BCUT2D eigenvalue weighted by molar-refractivity contribution is 0.0692. The number of para-hydroxylation sites is 1. The van der Waals surface area contributed by atoms with Gasteiger partial charge in [-0.1, -0.05) is 82.7 Å². The molecule has 2 nitrogen and oxygen atoms in total. The molecular formula is C22H18BrNO. The second kappa shape index (κ2) is 6.49. The normalized spacial score (nSPS) is 20.2. The first-order valence-corrected chi connectivity index (χ1v) is 9.22. The van der Waals surface area contributed by atoms with E-state index in [4.69, 9.17) is 9.73 Å². The maximum atomic E-state index is 6.51. The van der Waals surface area contributed by atoms with Gasteiger partial charge in [0.1, 0.15) is 0 Å². The van der Waals surface area contributed by atoms with E-state index in [1.165, 1.54) is 5.56 Å². The minimum Gasteiger partial charge on any atom is -0.464 e. The lowest BCUT2D eigenvalue weighted by Gasteiger charge is -2.39. The van der Waals surface area contributed by atoms with Gasteiger partial charge in [0.05, 0.1) is 10.5 Å². The number of ether oxygens (including phenoxy) is 1. The summed E-state index contributed by atoms with van der Waals surface area (Å²) in [7, 11) is 0. The van der Waals surface area contributed by atoms with E-state index in [2.05, 4.69) is 41.1 Å². The molecule has 0 bridgehead atoms. The average Bonchev–Trinajstić information content (AvgIpc) is 2.69. The van der Waals surface area contributed by atoms with Gasteiger partial charge in [-0.15, -0.1) is 0 Å². The third kappa shape index (κ3) is 2.89. The first kappa shape index (κ1) is 16.1. The summed E-state index contributed by atoms with van der Waals surface area (Å²) in [5, 5.41) is 0. The Balaban J connectivity index is 1.84. The summed E-state index contributed by atoms with van der Waals surface area (Å²) >= 11 is 3.89. The topological polar surface area (TPSA) is 21.6 Å². The van der Waals surface area contributed by atoms with Crippen molar-refractivity contribution in [2.75, 3.05) is 0 Å². The Morgan fingerprint density at radius 3 is 2.16 bits per heavy atom. The van der Waals surface area contributed by atoms with E-state index in [0.717, 1.165) is 16.8 Å². The largest absolute Gasteiger partial charge is 0.464 e. The molecule has 25 heavy (non-hydrogen) atoms. The number of nitrogens with zero attached hydrogens (tertiary/aromatic N) is 1. The third-order valence-corrected chi connectivity index (χ3v) is 5.97. The number of alkyl halides is 1. The fourth-order valence-corrected chi connectivity index (χ4v) is 3.86. The summed E-state index contributed by atoms with van der Waals surface area (Å²) in [6.07, 6.45) is 0. The molecule has 3 heteroatoms. The van der Waals surface area contributed by atoms with Gasteiger partial charge >= 0.3 is 0 Å². The molecule has 0 saturated heterocycles. The van der Waals surface area contributed by atoms with Gasteiger partial charge in [-0.05, 0) is 30.7 Å². The molecule has 2 atom stereocenters.